The molecule has 0 aliphatic heterocycles. The summed E-state index contributed by atoms with van der Waals surface area (Å²) in [6.45, 7) is 5.56. The van der Waals surface area contributed by atoms with Crippen molar-refractivity contribution < 1.29 is 19.4 Å². The van der Waals surface area contributed by atoms with Gasteiger partial charge in [-0.1, -0.05) is 67.5 Å². The lowest BCUT2D eigenvalue weighted by molar-refractivity contribution is -0.139. The summed E-state index contributed by atoms with van der Waals surface area (Å²) in [5.74, 6) is 0.158. The zero-order valence-corrected chi connectivity index (χ0v) is 20.4. The molecule has 1 amide bonds. The predicted octanol–water partition coefficient (Wildman–Crippen LogP) is 6.51. The minimum atomic E-state index is -1.03. The van der Waals surface area contributed by atoms with Crippen LogP contribution in [0.1, 0.15) is 32.3 Å². The van der Waals surface area contributed by atoms with E-state index in [1.54, 1.807) is 30.5 Å². The molecule has 33 heavy (non-hydrogen) atoms. The number of ether oxygens (including phenoxy) is 1. The predicted molar refractivity (Wildman–Crippen MR) is 135 cm³/mol. The number of hydrogen-bond acceptors (Lipinski definition) is 5. The van der Waals surface area contributed by atoms with Crippen LogP contribution in [0.25, 0.3) is 10.9 Å². The summed E-state index contributed by atoms with van der Waals surface area (Å²) in [5.41, 5.74) is 1.77. The first kappa shape index (κ1) is 26.5. The molecule has 2 aromatic carbocycles. The van der Waals surface area contributed by atoms with Crippen molar-refractivity contribution >= 4 is 45.5 Å². The third-order valence-corrected chi connectivity index (χ3v) is 5.79. The van der Waals surface area contributed by atoms with E-state index >= 15 is 0 Å². The highest BCUT2D eigenvalue weighted by Gasteiger charge is 2.12. The maximum atomic E-state index is 12.0. The van der Waals surface area contributed by atoms with E-state index in [1.165, 1.54) is 17.3 Å². The highest BCUT2D eigenvalue weighted by Crippen LogP contribution is 2.29. The van der Waals surface area contributed by atoms with Gasteiger partial charge in [-0.15, -0.1) is 0 Å². The average molecular weight is 489 g/mol. The highest BCUT2D eigenvalue weighted by molar-refractivity contribution is 8.12. The Balaban J connectivity index is 0.000000234. The topological polar surface area (TPSA) is 79.7 Å². The summed E-state index contributed by atoms with van der Waals surface area (Å²) in [4.78, 5) is 28.5. The molecule has 0 radical (unpaired) electrons. The van der Waals surface area contributed by atoms with Gasteiger partial charge in [0.2, 0.25) is 0 Å². The molecule has 0 atom stereocenters. The van der Waals surface area contributed by atoms with Crippen molar-refractivity contribution in [2.75, 3.05) is 19.7 Å². The molecule has 0 aliphatic carbocycles. The number of halogens is 1. The molecule has 0 aliphatic rings. The number of amides is 1. The van der Waals surface area contributed by atoms with Crippen molar-refractivity contribution in [2.24, 2.45) is 0 Å². The van der Waals surface area contributed by atoms with Gasteiger partial charge in [0.1, 0.15) is 11.3 Å². The number of carboxylic acid groups (broad SMARTS) is 1. The Labute approximate surface area is 203 Å². The van der Waals surface area contributed by atoms with Crippen LogP contribution in [-0.2, 0) is 10.5 Å². The van der Waals surface area contributed by atoms with Crippen LogP contribution in [0.3, 0.4) is 0 Å². The molecule has 6 nitrogen and oxygen atoms in total. The van der Waals surface area contributed by atoms with Gasteiger partial charge in [0, 0.05) is 30.4 Å². The molecule has 0 fully saturated rings. The number of benzene rings is 2. The van der Waals surface area contributed by atoms with Gasteiger partial charge in [0.25, 0.3) is 5.24 Å². The third kappa shape index (κ3) is 8.94. The lowest BCUT2D eigenvalue weighted by Crippen LogP contribution is -2.29. The maximum Gasteiger partial charge on any atom is 0.341 e. The lowest BCUT2D eigenvalue weighted by atomic mass is 10.2. The largest absolute Gasteiger partial charge is 0.480 e. The van der Waals surface area contributed by atoms with Gasteiger partial charge in [-0.3, -0.25) is 9.78 Å². The van der Waals surface area contributed by atoms with Gasteiger partial charge in [-0.05, 0) is 42.7 Å². The van der Waals surface area contributed by atoms with Gasteiger partial charge < -0.3 is 14.7 Å². The monoisotopic (exact) mass is 488 g/mol. The number of thioether (sulfide) groups is 1. The van der Waals surface area contributed by atoms with Crippen LogP contribution in [0.5, 0.6) is 5.75 Å². The fraction of sp³-hybridized carbons (Fsp3) is 0.320. The van der Waals surface area contributed by atoms with E-state index in [1.807, 2.05) is 23.1 Å². The average Bonchev–Trinajstić information content (AvgIpc) is 2.83. The molecule has 1 heterocycles. The van der Waals surface area contributed by atoms with Crippen LogP contribution in [0.15, 0.2) is 60.8 Å². The summed E-state index contributed by atoms with van der Waals surface area (Å²) in [7, 11) is 0. The molecule has 0 saturated heterocycles. The number of carboxylic acids is 1. The second-order valence-corrected chi connectivity index (χ2v) is 8.49. The van der Waals surface area contributed by atoms with Gasteiger partial charge in [-0.2, -0.15) is 0 Å². The molecule has 0 unspecified atom stereocenters. The van der Waals surface area contributed by atoms with E-state index in [2.05, 4.69) is 31.0 Å². The molecule has 3 rings (SSSR count). The fourth-order valence-electron chi connectivity index (χ4n) is 3.01. The lowest BCUT2D eigenvalue weighted by Gasteiger charge is -2.20. The van der Waals surface area contributed by atoms with E-state index in [-0.39, 0.29) is 5.24 Å². The maximum absolute atomic E-state index is 12.0. The summed E-state index contributed by atoms with van der Waals surface area (Å²) in [5, 5.41) is 10.0. The summed E-state index contributed by atoms with van der Waals surface area (Å²) in [6, 6.07) is 17.0. The van der Waals surface area contributed by atoms with Crippen LogP contribution < -0.4 is 4.74 Å². The Morgan fingerprint density at radius 1 is 1.03 bits per heavy atom. The normalized spacial score (nSPS) is 10.3. The van der Waals surface area contributed by atoms with Crippen LogP contribution in [0.4, 0.5) is 4.79 Å². The number of hydrogen-bond donors (Lipinski definition) is 1. The van der Waals surface area contributed by atoms with Gasteiger partial charge in [-0.25, -0.2) is 4.79 Å². The van der Waals surface area contributed by atoms with Crippen LogP contribution in [-0.4, -0.2) is 45.9 Å². The molecule has 8 heteroatoms. The summed E-state index contributed by atoms with van der Waals surface area (Å²) < 4.78 is 5.12. The number of nitrogens with zero attached hydrogens (tertiary/aromatic N) is 2. The number of fused-ring (bicyclic) bond motifs is 1. The zero-order valence-electron chi connectivity index (χ0n) is 18.9. The minimum Gasteiger partial charge on any atom is -0.480 e. The van der Waals surface area contributed by atoms with Gasteiger partial charge in [0.15, 0.2) is 6.61 Å². The molecular weight excluding hydrogens is 460 g/mol. The standard InChI is InChI=1S/C14H21NOS.C11H8ClNO3/c1-3-10-15(11-4-2)14(16)17-12-13-8-6-5-7-9-13;12-8-3-4-9(16-6-10(14)15)11-7(8)2-1-5-13-11/h5-9H,3-4,10-12H2,1-2H3;1-5H,6H2,(H,14,15). The van der Waals surface area contributed by atoms with Gasteiger partial charge >= 0.3 is 5.97 Å². The first-order chi connectivity index (χ1) is 16.0. The van der Waals surface area contributed by atoms with E-state index in [0.717, 1.165) is 37.1 Å². The Morgan fingerprint density at radius 2 is 1.73 bits per heavy atom. The van der Waals surface area contributed by atoms with Gasteiger partial charge in [0.05, 0.1) is 5.02 Å². The quantitative estimate of drug-likeness (QED) is 0.369. The number of aliphatic carboxylic acids is 1. The molecule has 1 N–H and O–H groups in total. The second-order valence-electron chi connectivity index (χ2n) is 7.15. The number of rotatable bonds is 9. The number of carbonyl (C=O) groups is 2. The molecule has 176 valence electrons. The van der Waals surface area contributed by atoms with Crippen molar-refractivity contribution in [3.05, 3.63) is 71.4 Å². The highest BCUT2D eigenvalue weighted by atomic mass is 35.5. The third-order valence-electron chi connectivity index (χ3n) is 4.48. The molecule has 0 bridgehead atoms. The van der Waals surface area contributed by atoms with E-state index in [0.29, 0.717) is 16.3 Å². The molecule has 0 spiro atoms. The second kappa shape index (κ2) is 14.4. The van der Waals surface area contributed by atoms with Crippen molar-refractivity contribution in [1.29, 1.82) is 0 Å². The van der Waals surface area contributed by atoms with E-state index in [4.69, 9.17) is 21.4 Å². The Morgan fingerprint density at radius 3 is 2.36 bits per heavy atom. The SMILES string of the molecule is CCCN(CCC)C(=O)SCc1ccccc1.O=C(O)COc1ccc(Cl)c2cccnc12. The molecule has 1 aromatic heterocycles. The fourth-order valence-corrected chi connectivity index (χ4v) is 4.08. The van der Waals surface area contributed by atoms with Crippen molar-refractivity contribution in [1.82, 2.24) is 9.88 Å². The van der Waals surface area contributed by atoms with Crippen molar-refractivity contribution in [3.63, 3.8) is 0 Å². The van der Waals surface area contributed by atoms with Crippen molar-refractivity contribution in [2.45, 2.75) is 32.4 Å². The molecular formula is C25H29ClN2O4S. The summed E-state index contributed by atoms with van der Waals surface area (Å²) >= 11 is 7.38. The Bertz CT molecular complexity index is 1030. The Hall–Kier alpha value is -2.77. The van der Waals surface area contributed by atoms with Crippen LogP contribution in [0.2, 0.25) is 5.02 Å². The number of pyridine rings is 1. The Kier molecular flexibility index (Phi) is 11.6. The van der Waals surface area contributed by atoms with E-state index < -0.39 is 12.6 Å². The number of aromatic nitrogens is 1. The van der Waals surface area contributed by atoms with Crippen LogP contribution >= 0.6 is 23.4 Å². The molecule has 3 aromatic rings. The summed E-state index contributed by atoms with van der Waals surface area (Å²) in [6.07, 6.45) is 3.65. The first-order valence-corrected chi connectivity index (χ1v) is 12.2. The minimum absolute atomic E-state index is 0.206. The zero-order chi connectivity index (χ0) is 24.1. The van der Waals surface area contributed by atoms with E-state index in [9.17, 15) is 9.59 Å². The number of carbonyl (C=O) groups excluding carboxylic acids is 1. The van der Waals surface area contributed by atoms with Crippen molar-refractivity contribution in [3.8, 4) is 5.75 Å². The van der Waals surface area contributed by atoms with Crippen LogP contribution in [0, 0.1) is 0 Å². The smallest absolute Gasteiger partial charge is 0.341 e. The molecule has 0 saturated carbocycles. The first-order valence-electron chi connectivity index (χ1n) is 10.8.